The quantitative estimate of drug-likeness (QED) is 0.823. The molecule has 0 unspecified atom stereocenters. The van der Waals surface area contributed by atoms with E-state index in [-0.39, 0.29) is 23.8 Å². The fraction of sp³-hybridized carbons (Fsp3) is 0.364. The number of para-hydroxylation sites is 1. The standard InChI is InChI=1S/C22H26N2O3/c1-3-15(2)20(24-21(25)16-9-5-4-6-10-16)22(26)23-18-13-14-27-19-12-8-7-11-17(18)19/h4-12,15,18,20H,3,13-14H2,1-2H3,(H,23,26)(H,24,25)/t15-,18+,20-/m0/s1. The molecule has 5 nitrogen and oxygen atoms in total. The molecule has 3 atom stereocenters. The molecule has 0 bridgehead atoms. The second-order valence-electron chi connectivity index (χ2n) is 6.94. The van der Waals surface area contributed by atoms with Crippen LogP contribution in [0, 0.1) is 5.92 Å². The van der Waals surface area contributed by atoms with Crippen molar-refractivity contribution in [3.05, 3.63) is 65.7 Å². The average molecular weight is 366 g/mol. The lowest BCUT2D eigenvalue weighted by atomic mass is 9.95. The number of fused-ring (bicyclic) bond motifs is 1. The molecular weight excluding hydrogens is 340 g/mol. The summed E-state index contributed by atoms with van der Waals surface area (Å²) in [6.45, 7) is 4.56. The lowest BCUT2D eigenvalue weighted by Gasteiger charge is -2.30. The molecule has 1 aliphatic heterocycles. The van der Waals surface area contributed by atoms with Crippen molar-refractivity contribution >= 4 is 11.8 Å². The van der Waals surface area contributed by atoms with Crippen molar-refractivity contribution in [2.24, 2.45) is 5.92 Å². The smallest absolute Gasteiger partial charge is 0.251 e. The van der Waals surface area contributed by atoms with E-state index in [1.54, 1.807) is 12.1 Å². The minimum atomic E-state index is -0.585. The van der Waals surface area contributed by atoms with Crippen molar-refractivity contribution < 1.29 is 14.3 Å². The molecule has 2 aromatic rings. The fourth-order valence-corrected chi connectivity index (χ4v) is 3.27. The van der Waals surface area contributed by atoms with Gasteiger partial charge < -0.3 is 15.4 Å². The zero-order valence-electron chi connectivity index (χ0n) is 15.8. The fourth-order valence-electron chi connectivity index (χ4n) is 3.27. The summed E-state index contributed by atoms with van der Waals surface area (Å²) >= 11 is 0. The second-order valence-corrected chi connectivity index (χ2v) is 6.94. The number of hydrogen-bond donors (Lipinski definition) is 2. The predicted octanol–water partition coefficient (Wildman–Crippen LogP) is 3.47. The van der Waals surface area contributed by atoms with E-state index >= 15 is 0 Å². The van der Waals surface area contributed by atoms with Crippen LogP contribution in [0.2, 0.25) is 0 Å². The Bertz CT molecular complexity index is 791. The first-order valence-corrected chi connectivity index (χ1v) is 9.48. The molecule has 0 fully saturated rings. The summed E-state index contributed by atoms with van der Waals surface area (Å²) in [5.74, 6) is 0.439. The van der Waals surface area contributed by atoms with Gasteiger partial charge in [-0.05, 0) is 24.1 Å². The first-order valence-electron chi connectivity index (χ1n) is 9.48. The SMILES string of the molecule is CC[C@H](C)[C@H](NC(=O)c1ccccc1)C(=O)N[C@@H]1CCOc2ccccc21. The zero-order valence-corrected chi connectivity index (χ0v) is 15.8. The van der Waals surface area contributed by atoms with Gasteiger partial charge in [0.05, 0.1) is 12.6 Å². The summed E-state index contributed by atoms with van der Waals surface area (Å²) in [5, 5.41) is 6.03. The van der Waals surface area contributed by atoms with Gasteiger partial charge in [-0.25, -0.2) is 0 Å². The average Bonchev–Trinajstić information content (AvgIpc) is 2.72. The van der Waals surface area contributed by atoms with Gasteiger partial charge in [-0.15, -0.1) is 0 Å². The van der Waals surface area contributed by atoms with E-state index < -0.39 is 6.04 Å². The van der Waals surface area contributed by atoms with Gasteiger partial charge in [-0.1, -0.05) is 56.7 Å². The van der Waals surface area contributed by atoms with Crippen LogP contribution < -0.4 is 15.4 Å². The van der Waals surface area contributed by atoms with Gasteiger partial charge in [0.25, 0.3) is 5.91 Å². The molecule has 1 heterocycles. The topological polar surface area (TPSA) is 67.4 Å². The highest BCUT2D eigenvalue weighted by atomic mass is 16.5. The Hall–Kier alpha value is -2.82. The highest BCUT2D eigenvalue weighted by Gasteiger charge is 2.30. The Morgan fingerprint density at radius 3 is 2.56 bits per heavy atom. The molecule has 142 valence electrons. The van der Waals surface area contributed by atoms with Crippen LogP contribution >= 0.6 is 0 Å². The Balaban J connectivity index is 1.74. The van der Waals surface area contributed by atoms with E-state index in [0.717, 1.165) is 17.7 Å². The van der Waals surface area contributed by atoms with Crippen molar-refractivity contribution in [2.75, 3.05) is 6.61 Å². The number of nitrogens with one attached hydrogen (secondary N) is 2. The van der Waals surface area contributed by atoms with Gasteiger partial charge in [0, 0.05) is 17.5 Å². The van der Waals surface area contributed by atoms with E-state index in [1.807, 2.05) is 56.3 Å². The predicted molar refractivity (Wildman–Crippen MR) is 105 cm³/mol. The van der Waals surface area contributed by atoms with Crippen molar-refractivity contribution in [3.63, 3.8) is 0 Å². The summed E-state index contributed by atoms with van der Waals surface area (Å²) < 4.78 is 5.67. The van der Waals surface area contributed by atoms with Crippen LogP contribution in [0.15, 0.2) is 54.6 Å². The molecule has 0 spiro atoms. The van der Waals surface area contributed by atoms with E-state index in [1.165, 1.54) is 0 Å². The van der Waals surface area contributed by atoms with E-state index in [4.69, 9.17) is 4.74 Å². The highest BCUT2D eigenvalue weighted by Crippen LogP contribution is 2.31. The van der Waals surface area contributed by atoms with E-state index in [0.29, 0.717) is 18.6 Å². The molecule has 0 radical (unpaired) electrons. The minimum absolute atomic E-state index is 0.0211. The molecule has 1 aliphatic rings. The summed E-state index contributed by atoms with van der Waals surface area (Å²) in [4.78, 5) is 25.6. The molecule has 27 heavy (non-hydrogen) atoms. The highest BCUT2D eigenvalue weighted by molar-refractivity contribution is 5.97. The number of hydrogen-bond acceptors (Lipinski definition) is 3. The van der Waals surface area contributed by atoms with Gasteiger partial charge in [0.15, 0.2) is 0 Å². The largest absolute Gasteiger partial charge is 0.493 e. The number of ether oxygens (including phenoxy) is 1. The third-order valence-corrected chi connectivity index (χ3v) is 5.09. The van der Waals surface area contributed by atoms with Crippen molar-refractivity contribution in [1.82, 2.24) is 10.6 Å². The normalized spacial score (nSPS) is 17.8. The van der Waals surface area contributed by atoms with Crippen LogP contribution in [0.5, 0.6) is 5.75 Å². The molecule has 3 rings (SSSR count). The van der Waals surface area contributed by atoms with Crippen LogP contribution in [0.1, 0.15) is 48.7 Å². The maximum absolute atomic E-state index is 13.0. The lowest BCUT2D eigenvalue weighted by molar-refractivity contribution is -0.125. The Kier molecular flexibility index (Phi) is 6.12. The third kappa shape index (κ3) is 4.48. The minimum Gasteiger partial charge on any atom is -0.493 e. The van der Waals surface area contributed by atoms with Crippen molar-refractivity contribution in [3.8, 4) is 5.75 Å². The van der Waals surface area contributed by atoms with Gasteiger partial charge in [0.2, 0.25) is 5.91 Å². The van der Waals surface area contributed by atoms with Crippen LogP contribution in [-0.4, -0.2) is 24.5 Å². The summed E-state index contributed by atoms with van der Waals surface area (Å²) in [5.41, 5.74) is 1.53. The summed E-state index contributed by atoms with van der Waals surface area (Å²) in [7, 11) is 0. The van der Waals surface area contributed by atoms with Crippen LogP contribution in [0.4, 0.5) is 0 Å². The van der Waals surface area contributed by atoms with Crippen molar-refractivity contribution in [2.45, 2.75) is 38.8 Å². The van der Waals surface area contributed by atoms with Gasteiger partial charge in [-0.2, -0.15) is 0 Å². The van der Waals surface area contributed by atoms with E-state index in [9.17, 15) is 9.59 Å². The molecule has 2 amide bonds. The Morgan fingerprint density at radius 1 is 1.11 bits per heavy atom. The molecular formula is C22H26N2O3. The monoisotopic (exact) mass is 366 g/mol. The summed E-state index contributed by atoms with van der Waals surface area (Å²) in [6, 6.07) is 16.0. The molecule has 0 saturated carbocycles. The Morgan fingerprint density at radius 2 is 1.81 bits per heavy atom. The second kappa shape index (κ2) is 8.71. The van der Waals surface area contributed by atoms with Crippen LogP contribution in [-0.2, 0) is 4.79 Å². The first kappa shape index (κ1) is 19.0. The zero-order chi connectivity index (χ0) is 19.2. The molecule has 2 aromatic carbocycles. The number of amides is 2. The van der Waals surface area contributed by atoms with Gasteiger partial charge >= 0.3 is 0 Å². The number of benzene rings is 2. The molecule has 0 aliphatic carbocycles. The third-order valence-electron chi connectivity index (χ3n) is 5.09. The van der Waals surface area contributed by atoms with Gasteiger partial charge in [-0.3, -0.25) is 9.59 Å². The number of carbonyl (C=O) groups excluding carboxylic acids is 2. The van der Waals surface area contributed by atoms with Crippen molar-refractivity contribution in [1.29, 1.82) is 0 Å². The molecule has 0 aromatic heterocycles. The molecule has 0 saturated heterocycles. The Labute approximate surface area is 160 Å². The first-order chi connectivity index (χ1) is 13.1. The number of rotatable bonds is 6. The number of carbonyl (C=O) groups is 2. The molecule has 5 heteroatoms. The molecule has 2 N–H and O–H groups in total. The lowest BCUT2D eigenvalue weighted by Crippen LogP contribution is -2.51. The van der Waals surface area contributed by atoms with E-state index in [2.05, 4.69) is 10.6 Å². The maximum Gasteiger partial charge on any atom is 0.251 e. The van der Waals surface area contributed by atoms with Crippen LogP contribution in [0.25, 0.3) is 0 Å². The maximum atomic E-state index is 13.0. The summed E-state index contributed by atoms with van der Waals surface area (Å²) in [6.07, 6.45) is 1.50. The van der Waals surface area contributed by atoms with Crippen LogP contribution in [0.3, 0.4) is 0 Å². The van der Waals surface area contributed by atoms with Gasteiger partial charge in [0.1, 0.15) is 11.8 Å².